The Morgan fingerprint density at radius 1 is 1.00 bits per heavy atom. The largest absolute Gasteiger partial charge is 0.496 e. The molecule has 4 rings (SSSR count). The van der Waals surface area contributed by atoms with Crippen LogP contribution in [0.3, 0.4) is 0 Å². The van der Waals surface area contributed by atoms with Crippen LogP contribution >= 0.6 is 0 Å². The maximum atomic E-state index is 13.5. The van der Waals surface area contributed by atoms with Crippen molar-refractivity contribution < 1.29 is 19.0 Å². The molecule has 7 heteroatoms. The van der Waals surface area contributed by atoms with Gasteiger partial charge in [-0.3, -0.25) is 9.69 Å². The van der Waals surface area contributed by atoms with Gasteiger partial charge >= 0.3 is 0 Å². The van der Waals surface area contributed by atoms with Crippen LogP contribution in [0.1, 0.15) is 49.8 Å². The van der Waals surface area contributed by atoms with E-state index < -0.39 is 0 Å². The number of hydrazone groups is 1. The van der Waals surface area contributed by atoms with Gasteiger partial charge in [-0.05, 0) is 50.6 Å². The third-order valence-corrected chi connectivity index (χ3v) is 6.66. The van der Waals surface area contributed by atoms with E-state index in [9.17, 15) is 4.79 Å². The first-order chi connectivity index (χ1) is 16.0. The van der Waals surface area contributed by atoms with Crippen molar-refractivity contribution in [2.75, 3.05) is 34.4 Å². The summed E-state index contributed by atoms with van der Waals surface area (Å²) in [6.45, 7) is 3.52. The zero-order chi connectivity index (χ0) is 23.4. The van der Waals surface area contributed by atoms with Crippen LogP contribution in [-0.4, -0.2) is 62.0 Å². The number of hydrogen-bond acceptors (Lipinski definition) is 6. The average molecular weight is 452 g/mol. The Hall–Kier alpha value is -3.06. The highest BCUT2D eigenvalue weighted by molar-refractivity contribution is 6.03. The molecule has 0 spiro atoms. The summed E-state index contributed by atoms with van der Waals surface area (Å²) in [6.07, 6.45) is 4.08. The van der Waals surface area contributed by atoms with Crippen molar-refractivity contribution in [1.82, 2.24) is 9.91 Å². The molecule has 0 N–H and O–H groups in total. The van der Waals surface area contributed by atoms with Gasteiger partial charge in [-0.1, -0.05) is 24.6 Å². The first-order valence-corrected chi connectivity index (χ1v) is 11.5. The number of nitrogens with zero attached hydrogens (tertiary/aromatic N) is 3. The second kappa shape index (κ2) is 10.3. The van der Waals surface area contributed by atoms with Crippen LogP contribution in [-0.2, 0) is 4.79 Å². The molecular formula is C26H33N3O4. The molecule has 0 aliphatic carbocycles. The van der Waals surface area contributed by atoms with Crippen molar-refractivity contribution >= 4 is 11.6 Å². The van der Waals surface area contributed by atoms with E-state index in [-0.39, 0.29) is 11.9 Å². The van der Waals surface area contributed by atoms with Crippen LogP contribution in [0.15, 0.2) is 47.6 Å². The first kappa shape index (κ1) is 23.1. The molecule has 2 atom stereocenters. The van der Waals surface area contributed by atoms with E-state index in [1.54, 1.807) is 26.3 Å². The molecule has 0 aromatic heterocycles. The van der Waals surface area contributed by atoms with Gasteiger partial charge in [-0.15, -0.1) is 0 Å². The quantitative estimate of drug-likeness (QED) is 0.629. The number of carbonyl (C=O) groups is 1. The fourth-order valence-electron chi connectivity index (χ4n) is 4.75. The lowest BCUT2D eigenvalue weighted by atomic mass is 9.97. The van der Waals surface area contributed by atoms with Gasteiger partial charge in [0.05, 0.1) is 39.6 Å². The third kappa shape index (κ3) is 4.83. The van der Waals surface area contributed by atoms with Crippen LogP contribution in [0.25, 0.3) is 0 Å². The van der Waals surface area contributed by atoms with Gasteiger partial charge in [0, 0.05) is 23.6 Å². The minimum atomic E-state index is -0.225. The number of hydrogen-bond donors (Lipinski definition) is 0. The predicted molar refractivity (Wildman–Crippen MR) is 128 cm³/mol. The van der Waals surface area contributed by atoms with Crippen LogP contribution in [0.5, 0.6) is 17.2 Å². The summed E-state index contributed by atoms with van der Waals surface area (Å²) in [7, 11) is 4.89. The van der Waals surface area contributed by atoms with Crippen molar-refractivity contribution in [3.05, 3.63) is 53.6 Å². The van der Waals surface area contributed by atoms with Crippen LogP contribution in [0, 0.1) is 0 Å². The molecule has 2 aromatic carbocycles. The fourth-order valence-corrected chi connectivity index (χ4v) is 4.75. The molecule has 0 saturated carbocycles. The lowest BCUT2D eigenvalue weighted by Gasteiger charge is -2.34. The van der Waals surface area contributed by atoms with E-state index in [4.69, 9.17) is 19.3 Å². The van der Waals surface area contributed by atoms with E-state index in [2.05, 4.69) is 11.8 Å². The number of para-hydroxylation sites is 1. The Balaban J connectivity index is 1.67. The van der Waals surface area contributed by atoms with E-state index in [0.29, 0.717) is 30.5 Å². The maximum absolute atomic E-state index is 13.5. The molecule has 2 aliphatic rings. The monoisotopic (exact) mass is 451 g/mol. The Bertz CT molecular complexity index is 1020. The first-order valence-electron chi connectivity index (χ1n) is 11.5. The van der Waals surface area contributed by atoms with Crippen LogP contribution in [0.2, 0.25) is 0 Å². The Morgan fingerprint density at radius 3 is 2.48 bits per heavy atom. The topological polar surface area (TPSA) is 63.6 Å². The number of rotatable bonds is 7. The second-order valence-corrected chi connectivity index (χ2v) is 8.63. The van der Waals surface area contributed by atoms with Crippen molar-refractivity contribution in [2.24, 2.45) is 5.10 Å². The van der Waals surface area contributed by atoms with Gasteiger partial charge in [0.2, 0.25) is 0 Å². The third-order valence-electron chi connectivity index (χ3n) is 6.66. The van der Waals surface area contributed by atoms with Crippen molar-refractivity contribution in [2.45, 2.75) is 44.7 Å². The summed E-state index contributed by atoms with van der Waals surface area (Å²) in [5, 5.41) is 6.49. The number of carbonyl (C=O) groups excluding carboxylic acids is 1. The minimum absolute atomic E-state index is 0.00938. The number of ether oxygens (including phenoxy) is 3. The summed E-state index contributed by atoms with van der Waals surface area (Å²) < 4.78 is 16.5. The lowest BCUT2D eigenvalue weighted by Crippen LogP contribution is -2.44. The second-order valence-electron chi connectivity index (χ2n) is 8.63. The summed E-state index contributed by atoms with van der Waals surface area (Å²) in [6, 6.07) is 13.8. The number of methoxy groups -OCH3 is 3. The average Bonchev–Trinajstić information content (AvgIpc) is 3.30. The molecule has 0 bridgehead atoms. The molecule has 1 amide bonds. The zero-order valence-electron chi connectivity index (χ0n) is 19.9. The molecule has 1 saturated heterocycles. The number of piperidine rings is 1. The standard InChI is InChI=1S/C26H33N3O4/c1-18-9-7-8-14-28(18)17-26(30)29-22(20-10-5-6-11-23(20)31-2)16-21(27-29)19-12-13-24(32-3)25(15-19)33-4/h5-6,10-13,15,18,22H,7-9,14,16-17H2,1-4H3/t18-,22+/m1/s1. The number of amides is 1. The molecule has 33 heavy (non-hydrogen) atoms. The highest BCUT2D eigenvalue weighted by Crippen LogP contribution is 2.39. The van der Waals surface area contributed by atoms with Gasteiger partial charge in [-0.25, -0.2) is 5.01 Å². The van der Waals surface area contributed by atoms with Crippen molar-refractivity contribution in [3.8, 4) is 17.2 Å². The summed E-state index contributed by atoms with van der Waals surface area (Å²) in [5.41, 5.74) is 2.71. The number of likely N-dealkylation sites (tertiary alicyclic amines) is 1. The van der Waals surface area contributed by atoms with Crippen molar-refractivity contribution in [1.29, 1.82) is 0 Å². The van der Waals surface area contributed by atoms with Gasteiger partial charge in [-0.2, -0.15) is 5.10 Å². The molecule has 2 heterocycles. The number of benzene rings is 2. The molecule has 0 unspecified atom stereocenters. The lowest BCUT2D eigenvalue weighted by molar-refractivity contribution is -0.135. The highest BCUT2D eigenvalue weighted by Gasteiger charge is 2.36. The molecule has 0 radical (unpaired) electrons. The minimum Gasteiger partial charge on any atom is -0.496 e. The highest BCUT2D eigenvalue weighted by atomic mass is 16.5. The predicted octanol–water partition coefficient (Wildman–Crippen LogP) is 4.26. The Morgan fingerprint density at radius 2 is 1.76 bits per heavy atom. The zero-order valence-corrected chi connectivity index (χ0v) is 19.9. The Kier molecular flexibility index (Phi) is 7.18. The van der Waals surface area contributed by atoms with Gasteiger partial charge in [0.25, 0.3) is 5.91 Å². The normalized spacial score (nSPS) is 21.0. The van der Waals surface area contributed by atoms with Crippen LogP contribution in [0.4, 0.5) is 0 Å². The van der Waals surface area contributed by atoms with E-state index in [0.717, 1.165) is 42.0 Å². The summed E-state index contributed by atoms with van der Waals surface area (Å²) in [5.74, 6) is 2.07. The van der Waals surface area contributed by atoms with Gasteiger partial charge in [0.15, 0.2) is 11.5 Å². The smallest absolute Gasteiger partial charge is 0.257 e. The molecule has 1 fully saturated rings. The molecule has 2 aromatic rings. The van der Waals surface area contributed by atoms with Crippen molar-refractivity contribution in [3.63, 3.8) is 0 Å². The van der Waals surface area contributed by atoms with E-state index >= 15 is 0 Å². The van der Waals surface area contributed by atoms with E-state index in [1.807, 2.05) is 42.5 Å². The molecule has 2 aliphatic heterocycles. The van der Waals surface area contributed by atoms with Gasteiger partial charge in [0.1, 0.15) is 5.75 Å². The summed E-state index contributed by atoms with van der Waals surface area (Å²) >= 11 is 0. The van der Waals surface area contributed by atoms with Crippen LogP contribution < -0.4 is 14.2 Å². The SMILES string of the molecule is COc1ccc(C2=NN(C(=O)CN3CCCC[C@H]3C)[C@H](c3ccccc3OC)C2)cc1OC. The molecular weight excluding hydrogens is 418 g/mol. The Labute approximate surface area is 195 Å². The van der Waals surface area contributed by atoms with Gasteiger partial charge < -0.3 is 14.2 Å². The maximum Gasteiger partial charge on any atom is 0.257 e. The molecule has 7 nitrogen and oxygen atoms in total. The fraction of sp³-hybridized carbons (Fsp3) is 0.462. The summed E-state index contributed by atoms with van der Waals surface area (Å²) in [4.78, 5) is 15.8. The molecule has 176 valence electrons. The van der Waals surface area contributed by atoms with E-state index in [1.165, 1.54) is 6.42 Å².